The number of hydrogen-bond donors (Lipinski definition) is 3. The van der Waals surface area contributed by atoms with Crippen LogP contribution in [-0.2, 0) is 0 Å². The van der Waals surface area contributed by atoms with E-state index in [1.54, 1.807) is 0 Å². The molecule has 2 atom stereocenters. The molecule has 1 saturated heterocycles. The number of anilines is 1. The number of piperazine rings is 1. The Bertz CT molecular complexity index is 434. The number of aliphatic hydroxyl groups is 1. The van der Waals surface area contributed by atoms with Crippen molar-refractivity contribution in [3.8, 4) is 0 Å². The lowest BCUT2D eigenvalue weighted by atomic mass is 9.94. The summed E-state index contributed by atoms with van der Waals surface area (Å²) in [4.78, 5) is 6.76. The zero-order valence-corrected chi connectivity index (χ0v) is 13.9. The normalized spacial score (nSPS) is 18.9. The van der Waals surface area contributed by atoms with Crippen molar-refractivity contribution in [3.05, 3.63) is 24.0 Å². The van der Waals surface area contributed by atoms with Gasteiger partial charge in [0, 0.05) is 44.8 Å². The molecule has 124 valence electrons. The topological polar surface area (TPSA) is 60.4 Å². The van der Waals surface area contributed by atoms with Gasteiger partial charge in [0.2, 0.25) is 0 Å². The van der Waals surface area contributed by atoms with Crippen LogP contribution in [0.2, 0.25) is 0 Å². The fourth-order valence-electron chi connectivity index (χ4n) is 3.13. The summed E-state index contributed by atoms with van der Waals surface area (Å²) in [5.41, 5.74) is 2.27. The minimum atomic E-state index is -0.331. The van der Waals surface area contributed by atoms with Gasteiger partial charge in [0.25, 0.3) is 0 Å². The quantitative estimate of drug-likeness (QED) is 0.686. The van der Waals surface area contributed by atoms with Crippen molar-refractivity contribution in [1.82, 2.24) is 15.2 Å². The molecule has 0 bridgehead atoms. The highest BCUT2D eigenvalue weighted by Crippen LogP contribution is 2.29. The van der Waals surface area contributed by atoms with E-state index in [1.165, 1.54) is 0 Å². The molecule has 1 aliphatic rings. The largest absolute Gasteiger partial charge is 0.384 e. The van der Waals surface area contributed by atoms with Crippen molar-refractivity contribution in [3.63, 3.8) is 0 Å². The van der Waals surface area contributed by atoms with E-state index in [9.17, 15) is 5.11 Å². The first-order valence-corrected chi connectivity index (χ1v) is 8.57. The molecule has 2 rings (SSSR count). The standard InChI is InChI=1S/C17H30N4O/c1-3-14(17-15(19-4-2)6-5-9-20-17)7-8-16(22)21-12-10-18-11-13-21/h5-6,9,14,16,18-19,22H,3-4,7-8,10-13H2,1-2H3. The number of nitrogens with one attached hydrogen (secondary N) is 2. The van der Waals surface area contributed by atoms with Crippen LogP contribution in [0, 0.1) is 0 Å². The second-order valence-corrected chi connectivity index (χ2v) is 5.92. The number of hydrogen-bond acceptors (Lipinski definition) is 5. The van der Waals surface area contributed by atoms with Crippen LogP contribution in [0.4, 0.5) is 5.69 Å². The average molecular weight is 306 g/mol. The molecular formula is C17H30N4O. The number of pyridine rings is 1. The first kappa shape index (κ1) is 17.2. The zero-order valence-electron chi connectivity index (χ0n) is 13.9. The summed E-state index contributed by atoms with van der Waals surface area (Å²) in [5.74, 6) is 0.396. The molecule has 1 aromatic rings. The molecular weight excluding hydrogens is 276 g/mol. The molecule has 22 heavy (non-hydrogen) atoms. The first-order chi connectivity index (χ1) is 10.8. The highest BCUT2D eigenvalue weighted by atomic mass is 16.3. The molecule has 1 fully saturated rings. The van der Waals surface area contributed by atoms with Crippen molar-refractivity contribution in [2.24, 2.45) is 0 Å². The minimum Gasteiger partial charge on any atom is -0.384 e. The third-order valence-electron chi connectivity index (χ3n) is 4.43. The molecule has 1 aromatic heterocycles. The van der Waals surface area contributed by atoms with E-state index in [0.29, 0.717) is 5.92 Å². The molecule has 2 unspecified atom stereocenters. The molecule has 1 aliphatic heterocycles. The number of aliphatic hydroxyl groups excluding tert-OH is 1. The Morgan fingerprint density at radius 2 is 2.09 bits per heavy atom. The molecule has 5 heteroatoms. The van der Waals surface area contributed by atoms with Gasteiger partial charge in [-0.15, -0.1) is 0 Å². The summed E-state index contributed by atoms with van der Waals surface area (Å²) in [6.45, 7) is 9.02. The summed E-state index contributed by atoms with van der Waals surface area (Å²) in [5, 5.41) is 17.1. The predicted molar refractivity (Wildman–Crippen MR) is 91.1 cm³/mol. The van der Waals surface area contributed by atoms with Gasteiger partial charge < -0.3 is 15.7 Å². The monoisotopic (exact) mass is 306 g/mol. The number of rotatable bonds is 8. The average Bonchev–Trinajstić information content (AvgIpc) is 2.57. The fraction of sp³-hybridized carbons (Fsp3) is 0.706. The van der Waals surface area contributed by atoms with Gasteiger partial charge in [0.15, 0.2) is 0 Å². The summed E-state index contributed by atoms with van der Waals surface area (Å²) < 4.78 is 0. The van der Waals surface area contributed by atoms with E-state index in [4.69, 9.17) is 0 Å². The van der Waals surface area contributed by atoms with Crippen LogP contribution < -0.4 is 10.6 Å². The van der Waals surface area contributed by atoms with E-state index in [2.05, 4.69) is 40.4 Å². The Labute approximate surface area is 134 Å². The fourth-order valence-corrected chi connectivity index (χ4v) is 3.13. The third-order valence-corrected chi connectivity index (χ3v) is 4.43. The molecule has 2 heterocycles. The van der Waals surface area contributed by atoms with Crippen molar-refractivity contribution in [2.75, 3.05) is 38.0 Å². The van der Waals surface area contributed by atoms with Gasteiger partial charge in [-0.05, 0) is 38.3 Å². The second-order valence-electron chi connectivity index (χ2n) is 5.92. The van der Waals surface area contributed by atoms with Crippen molar-refractivity contribution < 1.29 is 5.11 Å². The molecule has 0 aliphatic carbocycles. The maximum Gasteiger partial charge on any atom is 0.107 e. The van der Waals surface area contributed by atoms with E-state index in [0.717, 1.165) is 63.4 Å². The van der Waals surface area contributed by atoms with E-state index < -0.39 is 0 Å². The predicted octanol–water partition coefficient (Wildman–Crippen LogP) is 2.01. The number of nitrogens with zero attached hydrogens (tertiary/aromatic N) is 2. The van der Waals surface area contributed by atoms with Gasteiger partial charge in [-0.2, -0.15) is 0 Å². The summed E-state index contributed by atoms with van der Waals surface area (Å²) in [6.07, 6.45) is 4.36. The SMILES string of the molecule is CCNc1cccnc1C(CC)CCC(O)N1CCNCC1. The van der Waals surface area contributed by atoms with Gasteiger partial charge >= 0.3 is 0 Å². The van der Waals surface area contributed by atoms with Gasteiger partial charge in [0.1, 0.15) is 6.23 Å². The Balaban J connectivity index is 1.94. The summed E-state index contributed by atoms with van der Waals surface area (Å²) >= 11 is 0. The zero-order chi connectivity index (χ0) is 15.8. The maximum absolute atomic E-state index is 10.4. The van der Waals surface area contributed by atoms with Crippen molar-refractivity contribution in [2.45, 2.75) is 45.3 Å². The third kappa shape index (κ3) is 4.66. The Kier molecular flexibility index (Phi) is 7.09. The molecule has 3 N–H and O–H groups in total. The lowest BCUT2D eigenvalue weighted by Crippen LogP contribution is -2.48. The van der Waals surface area contributed by atoms with Crippen LogP contribution in [0.3, 0.4) is 0 Å². The highest BCUT2D eigenvalue weighted by molar-refractivity contribution is 5.48. The first-order valence-electron chi connectivity index (χ1n) is 8.57. The van der Waals surface area contributed by atoms with E-state index in [-0.39, 0.29) is 6.23 Å². The van der Waals surface area contributed by atoms with Gasteiger partial charge in [-0.3, -0.25) is 9.88 Å². The molecule has 0 amide bonds. The summed E-state index contributed by atoms with van der Waals surface area (Å²) in [6, 6.07) is 4.07. The molecule has 0 aromatic carbocycles. The van der Waals surface area contributed by atoms with Crippen LogP contribution >= 0.6 is 0 Å². The van der Waals surface area contributed by atoms with Crippen LogP contribution in [-0.4, -0.2) is 53.9 Å². The van der Waals surface area contributed by atoms with Gasteiger partial charge in [-0.25, -0.2) is 0 Å². The molecule has 0 radical (unpaired) electrons. The van der Waals surface area contributed by atoms with Crippen LogP contribution in [0.1, 0.15) is 44.7 Å². The van der Waals surface area contributed by atoms with Crippen LogP contribution in [0.25, 0.3) is 0 Å². The van der Waals surface area contributed by atoms with Crippen molar-refractivity contribution in [1.29, 1.82) is 0 Å². The van der Waals surface area contributed by atoms with E-state index in [1.807, 2.05) is 12.3 Å². The molecule has 0 saturated carbocycles. The van der Waals surface area contributed by atoms with E-state index >= 15 is 0 Å². The highest BCUT2D eigenvalue weighted by Gasteiger charge is 2.21. The lowest BCUT2D eigenvalue weighted by molar-refractivity contribution is -0.0116. The Hall–Kier alpha value is -1.17. The van der Waals surface area contributed by atoms with Crippen LogP contribution in [0.5, 0.6) is 0 Å². The van der Waals surface area contributed by atoms with Crippen LogP contribution in [0.15, 0.2) is 18.3 Å². The minimum absolute atomic E-state index is 0.331. The van der Waals surface area contributed by atoms with Gasteiger partial charge in [0.05, 0.1) is 11.4 Å². The molecule has 5 nitrogen and oxygen atoms in total. The maximum atomic E-state index is 10.4. The second kappa shape index (κ2) is 9.08. The van der Waals surface area contributed by atoms with Gasteiger partial charge in [-0.1, -0.05) is 6.92 Å². The lowest BCUT2D eigenvalue weighted by Gasteiger charge is -2.32. The van der Waals surface area contributed by atoms with Crippen molar-refractivity contribution >= 4 is 5.69 Å². The Morgan fingerprint density at radius 3 is 2.77 bits per heavy atom. The number of aromatic nitrogens is 1. The molecule has 0 spiro atoms. The summed E-state index contributed by atoms with van der Waals surface area (Å²) in [7, 11) is 0. The smallest absolute Gasteiger partial charge is 0.107 e. The Morgan fingerprint density at radius 1 is 1.32 bits per heavy atom.